The molecule has 0 aliphatic rings. The molecule has 1 heterocycles. The third kappa shape index (κ3) is 267. The van der Waals surface area contributed by atoms with E-state index >= 15 is 0 Å². The van der Waals surface area contributed by atoms with Crippen LogP contribution in [-0.4, -0.2) is 21.8 Å². The van der Waals surface area contributed by atoms with Gasteiger partial charge < -0.3 is 51.8 Å². The summed E-state index contributed by atoms with van der Waals surface area (Å²) in [5.41, 5.74) is 0. The number of hydrogen-bond acceptors (Lipinski definition) is 1. The maximum Gasteiger partial charge on any atom is 0.673 e. The first-order valence-electron chi connectivity index (χ1n) is 4.09. The van der Waals surface area contributed by atoms with E-state index in [1.807, 2.05) is 22.9 Å². The molecule has 0 aromatic carbocycles. The fraction of sp³-hybridized carbons (Fsp3) is 0. The van der Waals surface area contributed by atoms with Gasteiger partial charge in [-0.25, -0.2) is 0 Å². The van der Waals surface area contributed by atoms with Gasteiger partial charge in [0.05, 0.1) is 0 Å². The average Bonchev–Trinajstić information content (AvgIpc) is 2.45. The lowest BCUT2D eigenvalue weighted by molar-refractivity contribution is 0.366. The van der Waals surface area contributed by atoms with Gasteiger partial charge >= 0.3 is 21.8 Å². The molecule has 0 unspecified atom stereocenters. The van der Waals surface area contributed by atoms with Crippen LogP contribution in [0.1, 0.15) is 0 Å². The van der Waals surface area contributed by atoms with Crippen LogP contribution in [0.25, 0.3) is 0 Å². The lowest BCUT2D eigenvalue weighted by Gasteiger charge is -1.94. The van der Waals surface area contributed by atoms with Crippen LogP contribution < -0.4 is 0 Å². The molecule has 0 saturated heterocycles. The minimum Gasteiger partial charge on any atom is -0.418 e. The van der Waals surface area contributed by atoms with Gasteiger partial charge in [-0.05, 0) is 10.8 Å². The molecule has 0 N–H and O–H groups in total. The predicted molar refractivity (Wildman–Crippen MR) is 54.9 cm³/mol. The first-order chi connectivity index (χ1) is 8.50. The van der Waals surface area contributed by atoms with Crippen molar-refractivity contribution in [3.63, 3.8) is 0 Å². The zero-order chi connectivity index (χ0) is 17.0. The first-order valence-corrected chi connectivity index (χ1v) is 5.03. The summed E-state index contributed by atoms with van der Waals surface area (Å²) >= 11 is 1.71. The van der Waals surface area contributed by atoms with Crippen LogP contribution in [0.15, 0.2) is 22.9 Å². The number of rotatable bonds is 0. The first kappa shape index (κ1) is 24.1. The molecule has 16 heteroatoms. The molecule has 0 nitrogen and oxygen atoms in total. The Morgan fingerprint density at radius 1 is 0.450 bits per heavy atom. The van der Waals surface area contributed by atoms with Crippen molar-refractivity contribution in [2.45, 2.75) is 0 Å². The fourth-order valence-electron chi connectivity index (χ4n) is 0.227. The Kier molecular flexibility index (Phi) is 13.0. The van der Waals surface area contributed by atoms with Crippen LogP contribution in [0, 0.1) is 0 Å². The van der Waals surface area contributed by atoms with E-state index in [2.05, 4.69) is 0 Å². The lowest BCUT2D eigenvalue weighted by atomic mass is 10.3. The van der Waals surface area contributed by atoms with Crippen LogP contribution in [0.2, 0.25) is 0 Å². The molecule has 0 saturated carbocycles. The molecule has 0 amide bonds. The quantitative estimate of drug-likeness (QED) is 0.421. The van der Waals surface area contributed by atoms with E-state index < -0.39 is 21.8 Å². The highest BCUT2D eigenvalue weighted by Crippen LogP contribution is 2.07. The topological polar surface area (TPSA) is 0 Å². The molecule has 20 heavy (non-hydrogen) atoms. The second-order valence-electron chi connectivity index (χ2n) is 2.28. The molecule has 1 aromatic heterocycles. The third-order valence-electron chi connectivity index (χ3n) is 0.425. The van der Waals surface area contributed by atoms with Gasteiger partial charge in [0.1, 0.15) is 0 Å². The van der Waals surface area contributed by atoms with Crippen molar-refractivity contribution in [1.29, 1.82) is 0 Å². The lowest BCUT2D eigenvalue weighted by Crippen LogP contribution is -2.02. The van der Waals surface area contributed by atoms with Gasteiger partial charge in [-0.1, -0.05) is 12.1 Å². The van der Waals surface area contributed by atoms with Gasteiger partial charge in [-0.3, -0.25) is 0 Å². The molecule has 1 aromatic rings. The fourth-order valence-corrected chi connectivity index (χ4v) is 0.680. The molecule has 0 radical (unpaired) electrons. The van der Waals surface area contributed by atoms with Crippen LogP contribution in [0.3, 0.4) is 0 Å². The highest BCUT2D eigenvalue weighted by molar-refractivity contribution is 7.07. The second-order valence-corrected chi connectivity index (χ2v) is 3.09. The Hall–Kier alpha value is -0.945. The van der Waals surface area contributed by atoms with Crippen molar-refractivity contribution in [2.24, 2.45) is 0 Å². The Bertz CT molecular complexity index is 223. The minimum absolute atomic E-state index is 1.71. The summed E-state index contributed by atoms with van der Waals surface area (Å²) in [4.78, 5) is 0. The summed E-state index contributed by atoms with van der Waals surface area (Å²) in [6.45, 7) is 0. The molecular formula is C4H4B3F12S-3. The van der Waals surface area contributed by atoms with E-state index in [-0.39, 0.29) is 0 Å². The summed E-state index contributed by atoms with van der Waals surface area (Å²) in [6, 6.07) is 4.04. The zero-order valence-corrected chi connectivity index (χ0v) is 9.80. The van der Waals surface area contributed by atoms with Gasteiger partial charge in [0.15, 0.2) is 0 Å². The van der Waals surface area contributed by atoms with E-state index in [4.69, 9.17) is 0 Å². The highest BCUT2D eigenvalue weighted by atomic mass is 32.1. The summed E-state index contributed by atoms with van der Waals surface area (Å²) in [5, 5.41) is 4.08. The summed E-state index contributed by atoms with van der Waals surface area (Å²) in [7, 11) is -18.0. The normalized spacial score (nSPS) is 11.0. The average molecular weight is 345 g/mol. The summed E-state index contributed by atoms with van der Waals surface area (Å²) < 4.78 is 117. The van der Waals surface area contributed by atoms with Crippen molar-refractivity contribution >= 4 is 33.1 Å². The van der Waals surface area contributed by atoms with Gasteiger partial charge in [0.2, 0.25) is 0 Å². The van der Waals surface area contributed by atoms with Crippen molar-refractivity contribution in [1.82, 2.24) is 0 Å². The van der Waals surface area contributed by atoms with Crippen LogP contribution in [-0.2, 0) is 0 Å². The third-order valence-corrected chi connectivity index (χ3v) is 1.05. The van der Waals surface area contributed by atoms with E-state index in [1.54, 1.807) is 11.3 Å². The van der Waals surface area contributed by atoms with E-state index in [1.165, 1.54) is 0 Å². The van der Waals surface area contributed by atoms with Gasteiger partial charge in [-0.15, -0.1) is 0 Å². The standard InChI is InChI=1S/C4H4S.3BF4/c1-2-4-5-3-1;3*2-1(3,4)5/h1-4H;;;/q;3*-1. The maximum atomic E-state index is 9.75. The number of hydrogen-bond donors (Lipinski definition) is 0. The molecule has 122 valence electrons. The summed E-state index contributed by atoms with van der Waals surface area (Å²) in [6.07, 6.45) is 0. The molecule has 0 bridgehead atoms. The zero-order valence-electron chi connectivity index (χ0n) is 8.99. The highest BCUT2D eigenvalue weighted by Gasteiger charge is 2.21. The SMILES string of the molecule is F[B-](F)(F)F.F[B-](F)(F)F.F[B-](F)(F)F.c1ccsc1. The Labute approximate surface area is 109 Å². The number of thiophene rings is 1. The van der Waals surface area contributed by atoms with Crippen molar-refractivity contribution in [2.75, 3.05) is 0 Å². The van der Waals surface area contributed by atoms with Gasteiger partial charge in [-0.2, -0.15) is 11.3 Å². The van der Waals surface area contributed by atoms with E-state index in [0.29, 0.717) is 0 Å². The smallest absolute Gasteiger partial charge is 0.418 e. The molecule has 0 spiro atoms. The second kappa shape index (κ2) is 10.8. The maximum absolute atomic E-state index is 9.75. The van der Waals surface area contributed by atoms with Crippen LogP contribution in [0.5, 0.6) is 0 Å². The molecule has 0 fully saturated rings. The predicted octanol–water partition coefficient (Wildman–Crippen LogP) is 5.65. The molecule has 0 aliphatic carbocycles. The van der Waals surface area contributed by atoms with E-state index in [0.717, 1.165) is 0 Å². The minimum atomic E-state index is -6.00. The molecular weight excluding hydrogens is 341 g/mol. The monoisotopic (exact) mass is 345 g/mol. The van der Waals surface area contributed by atoms with Crippen molar-refractivity contribution in [3.8, 4) is 0 Å². The Balaban J connectivity index is -0.000000193. The van der Waals surface area contributed by atoms with Gasteiger partial charge in [0.25, 0.3) is 0 Å². The molecule has 1 rings (SSSR count). The van der Waals surface area contributed by atoms with Crippen LogP contribution in [0.4, 0.5) is 51.8 Å². The van der Waals surface area contributed by atoms with E-state index in [9.17, 15) is 51.8 Å². The van der Waals surface area contributed by atoms with Gasteiger partial charge in [0, 0.05) is 0 Å². The number of halogens is 12. The Morgan fingerprint density at radius 2 is 0.600 bits per heavy atom. The largest absolute Gasteiger partial charge is 0.673 e. The van der Waals surface area contributed by atoms with Crippen molar-refractivity contribution in [3.05, 3.63) is 22.9 Å². The summed E-state index contributed by atoms with van der Waals surface area (Å²) in [5.74, 6) is 0. The Morgan fingerprint density at radius 3 is 0.650 bits per heavy atom. The molecule has 0 atom stereocenters. The van der Waals surface area contributed by atoms with Crippen molar-refractivity contribution < 1.29 is 51.8 Å². The molecule has 0 aliphatic heterocycles. The van der Waals surface area contributed by atoms with Crippen LogP contribution >= 0.6 is 11.3 Å².